The summed E-state index contributed by atoms with van der Waals surface area (Å²) in [4.78, 5) is 9.37. The number of hydrogen-bond donors (Lipinski definition) is 2. The van der Waals surface area contributed by atoms with Crippen molar-refractivity contribution < 1.29 is 4.74 Å². The van der Waals surface area contributed by atoms with Crippen LogP contribution in [-0.2, 0) is 0 Å². The zero-order chi connectivity index (χ0) is 14.7. The fraction of sp³-hybridized carbons (Fsp3) is 0.200. The number of thiophene rings is 1. The highest BCUT2D eigenvalue weighted by molar-refractivity contribution is 7.16. The van der Waals surface area contributed by atoms with Crippen molar-refractivity contribution in [3.05, 3.63) is 35.7 Å². The van der Waals surface area contributed by atoms with Crippen LogP contribution in [-0.4, -0.2) is 16.6 Å². The smallest absolute Gasteiger partial charge is 0.223 e. The summed E-state index contributed by atoms with van der Waals surface area (Å²) in [5.41, 5.74) is 6.68. The molecule has 0 atom stereocenters. The zero-order valence-corrected chi connectivity index (χ0v) is 12.5. The van der Waals surface area contributed by atoms with E-state index in [9.17, 15) is 0 Å². The minimum absolute atomic E-state index is 0.273. The highest BCUT2D eigenvalue weighted by Crippen LogP contribution is 2.28. The molecule has 21 heavy (non-hydrogen) atoms. The van der Waals surface area contributed by atoms with E-state index in [4.69, 9.17) is 10.5 Å². The van der Waals surface area contributed by atoms with Gasteiger partial charge in [0.15, 0.2) is 0 Å². The molecule has 0 radical (unpaired) electrons. The topological polar surface area (TPSA) is 73.1 Å². The van der Waals surface area contributed by atoms with Crippen molar-refractivity contribution in [2.45, 2.75) is 13.3 Å². The van der Waals surface area contributed by atoms with E-state index >= 15 is 0 Å². The third-order valence-corrected chi connectivity index (χ3v) is 3.74. The maximum absolute atomic E-state index is 5.74. The summed E-state index contributed by atoms with van der Waals surface area (Å²) in [6, 6.07) is 9.78. The lowest BCUT2D eigenvalue weighted by Gasteiger charge is -2.09. The highest BCUT2D eigenvalue weighted by atomic mass is 32.1. The molecule has 0 amide bonds. The van der Waals surface area contributed by atoms with E-state index in [0.29, 0.717) is 0 Å². The Bertz CT molecular complexity index is 739. The predicted molar refractivity (Wildman–Crippen MR) is 87.3 cm³/mol. The predicted octanol–water partition coefficient (Wildman–Crippen LogP) is 3.81. The monoisotopic (exact) mass is 300 g/mol. The number of nitrogens with one attached hydrogen (secondary N) is 1. The van der Waals surface area contributed by atoms with E-state index in [2.05, 4.69) is 22.2 Å². The summed E-state index contributed by atoms with van der Waals surface area (Å²) in [5, 5.41) is 6.23. The third-order valence-electron chi connectivity index (χ3n) is 2.93. The summed E-state index contributed by atoms with van der Waals surface area (Å²) in [6.45, 7) is 2.81. The molecule has 0 unspecified atom stereocenters. The minimum Gasteiger partial charge on any atom is -0.494 e. The largest absolute Gasteiger partial charge is 0.494 e. The van der Waals surface area contributed by atoms with Gasteiger partial charge in [0.1, 0.15) is 16.4 Å². The average Bonchev–Trinajstić information content (AvgIpc) is 2.95. The van der Waals surface area contributed by atoms with E-state index in [1.165, 1.54) is 0 Å². The summed E-state index contributed by atoms with van der Waals surface area (Å²) in [6.07, 6.45) is 0.996. The molecule has 108 valence electrons. The molecule has 0 aliphatic heterocycles. The van der Waals surface area contributed by atoms with Crippen LogP contribution in [0.3, 0.4) is 0 Å². The van der Waals surface area contributed by atoms with E-state index in [-0.39, 0.29) is 5.95 Å². The van der Waals surface area contributed by atoms with Gasteiger partial charge in [-0.25, -0.2) is 4.98 Å². The second-order valence-corrected chi connectivity index (χ2v) is 5.46. The normalized spacial score (nSPS) is 10.7. The van der Waals surface area contributed by atoms with Crippen LogP contribution in [0.1, 0.15) is 13.3 Å². The fourth-order valence-electron chi connectivity index (χ4n) is 1.96. The Labute approximate surface area is 126 Å². The van der Waals surface area contributed by atoms with Crippen LogP contribution in [0.5, 0.6) is 5.75 Å². The number of aromatic nitrogens is 2. The molecular formula is C15H16N4OS. The zero-order valence-electron chi connectivity index (χ0n) is 11.7. The molecule has 0 saturated heterocycles. The van der Waals surface area contributed by atoms with E-state index in [1.807, 2.05) is 35.7 Å². The molecule has 2 aromatic heterocycles. The Morgan fingerprint density at radius 2 is 2.00 bits per heavy atom. The molecule has 6 heteroatoms. The van der Waals surface area contributed by atoms with Gasteiger partial charge in [-0.2, -0.15) is 4.98 Å². The number of benzene rings is 1. The van der Waals surface area contributed by atoms with Crippen LogP contribution in [0.4, 0.5) is 17.5 Å². The first kappa shape index (κ1) is 13.6. The Morgan fingerprint density at radius 1 is 1.19 bits per heavy atom. The molecule has 0 aliphatic rings. The maximum atomic E-state index is 5.74. The van der Waals surface area contributed by atoms with Crippen molar-refractivity contribution in [2.24, 2.45) is 0 Å². The number of fused-ring (bicyclic) bond motifs is 1. The second kappa shape index (κ2) is 5.97. The Balaban J connectivity index is 1.83. The lowest BCUT2D eigenvalue weighted by Crippen LogP contribution is -2.00. The molecular weight excluding hydrogens is 284 g/mol. The van der Waals surface area contributed by atoms with Gasteiger partial charge in [-0.05, 0) is 42.1 Å². The third kappa shape index (κ3) is 3.05. The molecule has 0 fully saturated rings. The molecule has 5 nitrogen and oxygen atoms in total. The van der Waals surface area contributed by atoms with Gasteiger partial charge < -0.3 is 15.8 Å². The standard InChI is InChI=1S/C15H16N4OS/c1-2-8-20-11-5-3-10(4-6-11)17-13-12-7-9-21-14(12)19-15(16)18-13/h3-7,9H,2,8H2,1H3,(H3,16,17,18,19). The van der Waals surface area contributed by atoms with Crippen LogP contribution in [0.15, 0.2) is 35.7 Å². The summed E-state index contributed by atoms with van der Waals surface area (Å²) in [5.74, 6) is 1.86. The van der Waals surface area contributed by atoms with Gasteiger partial charge in [0.05, 0.1) is 12.0 Å². The van der Waals surface area contributed by atoms with E-state index in [1.54, 1.807) is 11.3 Å². The molecule has 1 aromatic carbocycles. The van der Waals surface area contributed by atoms with Crippen molar-refractivity contribution in [3.8, 4) is 5.75 Å². The first-order chi connectivity index (χ1) is 10.3. The van der Waals surface area contributed by atoms with Crippen LogP contribution in [0, 0.1) is 0 Å². The number of nitrogen functional groups attached to an aromatic ring is 1. The van der Waals surface area contributed by atoms with Crippen LogP contribution < -0.4 is 15.8 Å². The first-order valence-corrected chi connectivity index (χ1v) is 7.65. The summed E-state index contributed by atoms with van der Waals surface area (Å²) in [7, 11) is 0. The lowest BCUT2D eigenvalue weighted by molar-refractivity contribution is 0.317. The molecule has 3 N–H and O–H groups in total. The fourth-order valence-corrected chi connectivity index (χ4v) is 2.73. The van der Waals surface area contributed by atoms with Crippen LogP contribution in [0.25, 0.3) is 10.2 Å². The van der Waals surface area contributed by atoms with Crippen LogP contribution >= 0.6 is 11.3 Å². The van der Waals surface area contributed by atoms with Crippen molar-refractivity contribution in [2.75, 3.05) is 17.7 Å². The Morgan fingerprint density at radius 3 is 2.76 bits per heavy atom. The van der Waals surface area contributed by atoms with E-state index in [0.717, 1.165) is 40.5 Å². The SMILES string of the molecule is CCCOc1ccc(Nc2nc(N)nc3sccc23)cc1. The summed E-state index contributed by atoms with van der Waals surface area (Å²) >= 11 is 1.55. The van der Waals surface area contributed by atoms with E-state index < -0.39 is 0 Å². The Hall–Kier alpha value is -2.34. The summed E-state index contributed by atoms with van der Waals surface area (Å²) < 4.78 is 5.57. The van der Waals surface area contributed by atoms with Crippen molar-refractivity contribution in [1.82, 2.24) is 9.97 Å². The number of nitrogens with two attached hydrogens (primary N) is 1. The molecule has 2 heterocycles. The van der Waals surface area contributed by atoms with Gasteiger partial charge in [0, 0.05) is 5.69 Å². The number of hydrogen-bond acceptors (Lipinski definition) is 6. The van der Waals surface area contributed by atoms with Gasteiger partial charge in [0.25, 0.3) is 0 Å². The quantitative estimate of drug-likeness (QED) is 0.749. The van der Waals surface area contributed by atoms with Crippen molar-refractivity contribution in [3.63, 3.8) is 0 Å². The van der Waals surface area contributed by atoms with Gasteiger partial charge in [-0.1, -0.05) is 6.92 Å². The average molecular weight is 300 g/mol. The minimum atomic E-state index is 0.273. The molecule has 0 saturated carbocycles. The van der Waals surface area contributed by atoms with Crippen LogP contribution in [0.2, 0.25) is 0 Å². The molecule has 3 aromatic rings. The van der Waals surface area contributed by atoms with Crippen molar-refractivity contribution >= 4 is 39.0 Å². The number of rotatable bonds is 5. The maximum Gasteiger partial charge on any atom is 0.223 e. The van der Waals surface area contributed by atoms with Gasteiger partial charge in [-0.15, -0.1) is 11.3 Å². The molecule has 0 bridgehead atoms. The van der Waals surface area contributed by atoms with Crippen molar-refractivity contribution in [1.29, 1.82) is 0 Å². The second-order valence-electron chi connectivity index (χ2n) is 4.57. The van der Waals surface area contributed by atoms with Gasteiger partial charge in [-0.3, -0.25) is 0 Å². The highest BCUT2D eigenvalue weighted by Gasteiger charge is 2.07. The number of ether oxygens (including phenoxy) is 1. The molecule has 0 aliphatic carbocycles. The molecule has 0 spiro atoms. The molecule has 3 rings (SSSR count). The number of nitrogens with zero attached hydrogens (tertiary/aromatic N) is 2. The van der Waals surface area contributed by atoms with Gasteiger partial charge >= 0.3 is 0 Å². The lowest BCUT2D eigenvalue weighted by atomic mass is 10.3. The Kier molecular flexibility index (Phi) is 3.87. The van der Waals surface area contributed by atoms with Gasteiger partial charge in [0.2, 0.25) is 5.95 Å². The number of anilines is 3. The first-order valence-electron chi connectivity index (χ1n) is 6.77.